The van der Waals surface area contributed by atoms with E-state index in [1.54, 1.807) is 6.26 Å². The maximum absolute atomic E-state index is 5.34. The van der Waals surface area contributed by atoms with Gasteiger partial charge in [-0.15, -0.1) is 0 Å². The van der Waals surface area contributed by atoms with Gasteiger partial charge in [0.25, 0.3) is 0 Å². The minimum absolute atomic E-state index is 0.619. The van der Waals surface area contributed by atoms with Gasteiger partial charge >= 0.3 is 0 Å². The molecule has 0 unspecified atom stereocenters. The number of nitrogens with one attached hydrogen (secondary N) is 2. The van der Waals surface area contributed by atoms with Crippen LogP contribution >= 0.6 is 0 Å². The molecular formula is C18H25N5O. The highest BCUT2D eigenvalue weighted by atomic mass is 16.3. The van der Waals surface area contributed by atoms with Crippen molar-refractivity contribution in [3.8, 4) is 0 Å². The number of furan rings is 1. The van der Waals surface area contributed by atoms with Crippen molar-refractivity contribution >= 4 is 11.8 Å². The van der Waals surface area contributed by atoms with Crippen molar-refractivity contribution in [1.29, 1.82) is 0 Å². The second-order valence-electron chi connectivity index (χ2n) is 5.84. The zero-order chi connectivity index (χ0) is 16.6. The molecule has 128 valence electrons. The molecule has 0 aromatic carbocycles. The van der Waals surface area contributed by atoms with Gasteiger partial charge in [-0.05, 0) is 49.6 Å². The molecule has 1 aliphatic rings. The first-order chi connectivity index (χ1) is 11.8. The van der Waals surface area contributed by atoms with E-state index in [2.05, 4.69) is 38.5 Å². The summed E-state index contributed by atoms with van der Waals surface area (Å²) < 4.78 is 5.34. The summed E-state index contributed by atoms with van der Waals surface area (Å²) in [5.41, 5.74) is 1.17. The third-order valence-corrected chi connectivity index (χ3v) is 4.01. The van der Waals surface area contributed by atoms with Gasteiger partial charge < -0.3 is 20.0 Å². The Kier molecular flexibility index (Phi) is 5.71. The Bertz CT molecular complexity index is 647. The van der Waals surface area contributed by atoms with Crippen LogP contribution in [-0.4, -0.2) is 30.6 Å². The van der Waals surface area contributed by atoms with Crippen molar-refractivity contribution in [2.75, 3.05) is 24.5 Å². The lowest BCUT2D eigenvalue weighted by Crippen LogP contribution is -2.36. The lowest BCUT2D eigenvalue weighted by Gasteiger charge is -2.16. The van der Waals surface area contributed by atoms with Crippen LogP contribution in [0.2, 0.25) is 0 Å². The van der Waals surface area contributed by atoms with Crippen molar-refractivity contribution in [2.45, 2.75) is 32.9 Å². The maximum Gasteiger partial charge on any atom is 0.191 e. The van der Waals surface area contributed by atoms with Crippen molar-refractivity contribution in [3.63, 3.8) is 0 Å². The molecule has 0 bridgehead atoms. The Balaban J connectivity index is 1.61. The normalized spacial score (nSPS) is 14.9. The molecule has 0 aliphatic carbocycles. The molecule has 3 heterocycles. The highest BCUT2D eigenvalue weighted by Gasteiger charge is 2.13. The Hall–Kier alpha value is -2.50. The van der Waals surface area contributed by atoms with E-state index in [1.807, 2.05) is 24.4 Å². The molecule has 3 rings (SSSR count). The van der Waals surface area contributed by atoms with Gasteiger partial charge in [0.1, 0.15) is 11.6 Å². The summed E-state index contributed by atoms with van der Waals surface area (Å²) >= 11 is 0. The highest BCUT2D eigenvalue weighted by Crippen LogP contribution is 2.18. The summed E-state index contributed by atoms with van der Waals surface area (Å²) in [6.07, 6.45) is 6.07. The smallest absolute Gasteiger partial charge is 0.191 e. The summed E-state index contributed by atoms with van der Waals surface area (Å²) in [6, 6.07) is 8.00. The summed E-state index contributed by atoms with van der Waals surface area (Å²) in [7, 11) is 0. The molecule has 0 amide bonds. The summed E-state index contributed by atoms with van der Waals surface area (Å²) in [5, 5.41) is 6.54. The van der Waals surface area contributed by atoms with E-state index < -0.39 is 0 Å². The van der Waals surface area contributed by atoms with Gasteiger partial charge in [0, 0.05) is 25.8 Å². The lowest BCUT2D eigenvalue weighted by atomic mass is 10.2. The van der Waals surface area contributed by atoms with E-state index in [0.717, 1.165) is 37.2 Å². The van der Waals surface area contributed by atoms with Gasteiger partial charge in [-0.1, -0.05) is 0 Å². The van der Waals surface area contributed by atoms with Gasteiger partial charge in [-0.2, -0.15) is 0 Å². The average molecular weight is 327 g/mol. The Morgan fingerprint density at radius 3 is 2.92 bits per heavy atom. The van der Waals surface area contributed by atoms with Crippen LogP contribution in [0.1, 0.15) is 31.1 Å². The number of hydrogen-bond donors (Lipinski definition) is 2. The van der Waals surface area contributed by atoms with Crippen LogP contribution in [0.4, 0.5) is 5.82 Å². The molecule has 1 fully saturated rings. The van der Waals surface area contributed by atoms with E-state index in [-0.39, 0.29) is 0 Å². The maximum atomic E-state index is 5.34. The third-order valence-electron chi connectivity index (χ3n) is 4.01. The van der Waals surface area contributed by atoms with Gasteiger partial charge in [-0.25, -0.2) is 9.98 Å². The molecule has 24 heavy (non-hydrogen) atoms. The number of rotatable bonds is 6. The lowest BCUT2D eigenvalue weighted by molar-refractivity contribution is 0.501. The molecule has 2 aromatic rings. The molecule has 2 N–H and O–H groups in total. The highest BCUT2D eigenvalue weighted by molar-refractivity contribution is 5.79. The Morgan fingerprint density at radius 1 is 1.29 bits per heavy atom. The van der Waals surface area contributed by atoms with Crippen LogP contribution in [0.25, 0.3) is 0 Å². The van der Waals surface area contributed by atoms with Gasteiger partial charge in [0.05, 0.1) is 19.4 Å². The monoisotopic (exact) mass is 327 g/mol. The molecule has 2 aromatic heterocycles. The predicted octanol–water partition coefficient (Wildman–Crippen LogP) is 2.53. The van der Waals surface area contributed by atoms with Gasteiger partial charge in [0.15, 0.2) is 5.96 Å². The first kappa shape index (κ1) is 16.4. The van der Waals surface area contributed by atoms with Crippen LogP contribution in [0.5, 0.6) is 0 Å². The zero-order valence-corrected chi connectivity index (χ0v) is 14.2. The summed E-state index contributed by atoms with van der Waals surface area (Å²) in [4.78, 5) is 11.5. The Morgan fingerprint density at radius 2 is 2.17 bits per heavy atom. The average Bonchev–Trinajstić information content (AvgIpc) is 3.31. The predicted molar refractivity (Wildman–Crippen MR) is 96.0 cm³/mol. The van der Waals surface area contributed by atoms with Crippen LogP contribution in [0.3, 0.4) is 0 Å². The molecule has 6 heteroatoms. The first-order valence-corrected chi connectivity index (χ1v) is 8.59. The van der Waals surface area contributed by atoms with E-state index in [1.165, 1.54) is 18.4 Å². The fraction of sp³-hybridized carbons (Fsp3) is 0.444. The molecule has 1 aliphatic heterocycles. The topological polar surface area (TPSA) is 65.7 Å². The van der Waals surface area contributed by atoms with Crippen molar-refractivity contribution in [2.24, 2.45) is 4.99 Å². The third kappa shape index (κ3) is 4.50. The SMILES string of the molecule is CCNC(=NCc1ccnc(N2CCCC2)c1)NCc1ccco1. The van der Waals surface area contributed by atoms with Crippen LogP contribution in [0.15, 0.2) is 46.1 Å². The largest absolute Gasteiger partial charge is 0.467 e. The number of aliphatic imine (C=N–C) groups is 1. The second kappa shape index (κ2) is 8.38. The molecular weight excluding hydrogens is 302 g/mol. The number of hydrogen-bond acceptors (Lipinski definition) is 4. The molecule has 6 nitrogen and oxygen atoms in total. The van der Waals surface area contributed by atoms with Crippen LogP contribution in [-0.2, 0) is 13.1 Å². The van der Waals surface area contributed by atoms with Crippen molar-refractivity contribution in [1.82, 2.24) is 15.6 Å². The second-order valence-corrected chi connectivity index (χ2v) is 5.84. The number of guanidine groups is 1. The first-order valence-electron chi connectivity index (χ1n) is 8.59. The van der Waals surface area contributed by atoms with E-state index in [0.29, 0.717) is 13.1 Å². The molecule has 0 atom stereocenters. The van der Waals surface area contributed by atoms with E-state index in [4.69, 9.17) is 4.42 Å². The number of nitrogens with zero attached hydrogens (tertiary/aromatic N) is 3. The molecule has 1 saturated heterocycles. The van der Waals surface area contributed by atoms with Crippen molar-refractivity contribution < 1.29 is 4.42 Å². The fourth-order valence-corrected chi connectivity index (χ4v) is 2.77. The van der Waals surface area contributed by atoms with E-state index in [9.17, 15) is 0 Å². The van der Waals surface area contributed by atoms with Crippen molar-refractivity contribution in [3.05, 3.63) is 48.0 Å². The summed E-state index contributed by atoms with van der Waals surface area (Å²) in [6.45, 7) is 6.33. The number of pyridine rings is 1. The molecule has 0 spiro atoms. The van der Waals surface area contributed by atoms with E-state index >= 15 is 0 Å². The van der Waals surface area contributed by atoms with Gasteiger partial charge in [0.2, 0.25) is 0 Å². The van der Waals surface area contributed by atoms with Gasteiger partial charge in [-0.3, -0.25) is 0 Å². The zero-order valence-electron chi connectivity index (χ0n) is 14.2. The Labute approximate surface area is 143 Å². The van der Waals surface area contributed by atoms with Crippen LogP contribution in [0, 0.1) is 0 Å². The minimum atomic E-state index is 0.619. The standard InChI is InChI=1S/C18H25N5O/c1-2-19-18(22-14-16-6-5-11-24-16)21-13-15-7-8-20-17(12-15)23-9-3-4-10-23/h5-8,11-12H,2-4,9-10,13-14H2,1H3,(H2,19,21,22). The molecule has 0 saturated carbocycles. The fourth-order valence-electron chi connectivity index (χ4n) is 2.77. The number of aromatic nitrogens is 1. The van der Waals surface area contributed by atoms with Crippen LogP contribution < -0.4 is 15.5 Å². The number of anilines is 1. The minimum Gasteiger partial charge on any atom is -0.467 e. The molecule has 0 radical (unpaired) electrons. The quantitative estimate of drug-likeness (QED) is 0.630. The summed E-state index contributed by atoms with van der Waals surface area (Å²) in [5.74, 6) is 2.74.